The van der Waals surface area contributed by atoms with Gasteiger partial charge in [0.15, 0.2) is 5.82 Å². The topological polar surface area (TPSA) is 119 Å². The van der Waals surface area contributed by atoms with Crippen molar-refractivity contribution < 1.29 is 41.3 Å². The Balaban J connectivity index is 0.685. The fourth-order valence-corrected chi connectivity index (χ4v) is 13.4. The average molecular weight is 1010 g/mol. The van der Waals surface area contributed by atoms with Crippen molar-refractivity contribution in [2.75, 3.05) is 88.5 Å². The van der Waals surface area contributed by atoms with Crippen LogP contribution < -0.4 is 19.9 Å². The first-order chi connectivity index (χ1) is 35.1. The zero-order valence-electron chi connectivity index (χ0n) is 41.5. The number of nitrogens with one attached hydrogen (secondary N) is 1. The van der Waals surface area contributed by atoms with Crippen molar-refractivity contribution in [3.8, 4) is 23.0 Å². The lowest BCUT2D eigenvalue weighted by molar-refractivity contribution is -0.151. The third-order valence-corrected chi connectivity index (χ3v) is 17.5. The minimum Gasteiger partial charge on any atom is -0.508 e. The Kier molecular flexibility index (Phi) is 12.1. The highest BCUT2D eigenvalue weighted by atomic mass is 19.2. The molecule has 7 heterocycles. The van der Waals surface area contributed by atoms with Crippen molar-refractivity contribution in [3.05, 3.63) is 89.3 Å². The number of benzene rings is 3. The minimum absolute atomic E-state index is 0.0265. The van der Waals surface area contributed by atoms with Gasteiger partial charge < -0.3 is 34.6 Å². The number of carbonyl (C=O) groups excluding carboxylic acids is 1. The number of hydrogen-bond acceptors (Lipinski definition) is 11. The number of piperidine rings is 3. The normalized spacial score (nSPS) is 24.8. The third kappa shape index (κ3) is 9.04. The number of piperazine rings is 1. The number of aromatic hydroxyl groups is 1. The molecule has 5 saturated heterocycles. The molecule has 2 N–H and O–H groups in total. The monoisotopic (exact) mass is 1010 g/mol. The highest BCUT2D eigenvalue weighted by molar-refractivity contribution is 6.02. The molecule has 1 unspecified atom stereocenters. The molecule has 5 aromatic rings. The van der Waals surface area contributed by atoms with Crippen LogP contribution >= 0.6 is 0 Å². The van der Waals surface area contributed by atoms with Gasteiger partial charge in [0.2, 0.25) is 5.91 Å². The van der Waals surface area contributed by atoms with Crippen LogP contribution in [0.4, 0.5) is 33.5 Å². The number of pyridine rings is 1. The molecule has 0 radical (unpaired) electrons. The molecule has 2 saturated carbocycles. The molecule has 3 aromatic carbocycles. The molecule has 2 atom stereocenters. The van der Waals surface area contributed by atoms with Crippen LogP contribution in [-0.4, -0.2) is 126 Å². The van der Waals surface area contributed by atoms with E-state index in [2.05, 4.69) is 31.6 Å². The number of anilines is 2. The van der Waals surface area contributed by atoms with Crippen LogP contribution in [0.25, 0.3) is 32.9 Å². The number of aryl methyl sites for hydroxylation is 1. The number of aromatic nitrogens is 3. The Labute approximate surface area is 421 Å². The van der Waals surface area contributed by atoms with Gasteiger partial charge in [0.05, 0.1) is 30.1 Å². The molecule has 5 aliphatic heterocycles. The van der Waals surface area contributed by atoms with Gasteiger partial charge in [-0.15, -0.1) is 0 Å². The van der Waals surface area contributed by atoms with Crippen molar-refractivity contribution in [3.63, 3.8) is 0 Å². The highest BCUT2D eigenvalue weighted by Gasteiger charge is 2.57. The number of nitrogens with zero attached hydrogens (tertiary/aromatic N) is 7. The van der Waals surface area contributed by atoms with Crippen molar-refractivity contribution in [1.82, 2.24) is 30.1 Å². The summed E-state index contributed by atoms with van der Waals surface area (Å²) in [5.74, 6) is -3.47. The Hall–Kier alpha value is -5.65. The first-order valence-electron chi connectivity index (χ1n) is 26.3. The van der Waals surface area contributed by atoms with Crippen molar-refractivity contribution >= 4 is 39.1 Å². The number of hydrogen-bond donors (Lipinski definition) is 2. The summed E-state index contributed by atoms with van der Waals surface area (Å²) in [7, 11) is 0. The predicted molar refractivity (Wildman–Crippen MR) is 269 cm³/mol. The summed E-state index contributed by atoms with van der Waals surface area (Å²) >= 11 is 0. The Morgan fingerprint density at radius 3 is 2.30 bits per heavy atom. The number of phenolic OH excluding ortho intramolecular Hbond substituents is 1. The second-order valence-electron chi connectivity index (χ2n) is 22.6. The zero-order valence-corrected chi connectivity index (χ0v) is 41.5. The van der Waals surface area contributed by atoms with E-state index >= 15 is 22.0 Å². The molecule has 7 fully saturated rings. The van der Waals surface area contributed by atoms with Gasteiger partial charge >= 0.3 is 6.01 Å². The number of ether oxygens (including phenoxy) is 2. The predicted octanol–water partition coefficient (Wildman–Crippen LogP) is 9.50. The van der Waals surface area contributed by atoms with Gasteiger partial charge in [-0.3, -0.25) is 14.7 Å². The molecule has 7 aliphatic rings. The number of carbonyl (C=O) groups is 1. The Bertz CT molecular complexity index is 2990. The number of rotatable bonds is 12. The van der Waals surface area contributed by atoms with E-state index < -0.39 is 40.8 Å². The number of halogens is 5. The Morgan fingerprint density at radius 1 is 0.877 bits per heavy atom. The summed E-state index contributed by atoms with van der Waals surface area (Å²) in [5, 5.41) is 14.9. The van der Waals surface area contributed by atoms with Crippen LogP contribution in [0.2, 0.25) is 0 Å². The van der Waals surface area contributed by atoms with Crippen LogP contribution in [-0.2, 0) is 16.0 Å². The van der Waals surface area contributed by atoms with Gasteiger partial charge in [-0.25, -0.2) is 22.0 Å². The fourth-order valence-electron chi connectivity index (χ4n) is 13.4. The van der Waals surface area contributed by atoms with Gasteiger partial charge in [0.1, 0.15) is 45.9 Å². The molecule has 2 spiro atoms. The maximum atomic E-state index is 17.2. The average Bonchev–Trinajstić information content (AvgIpc) is 4.12. The molecule has 386 valence electrons. The molecular weight excluding hydrogens is 944 g/mol. The zero-order chi connectivity index (χ0) is 50.4. The quantitative estimate of drug-likeness (QED) is 0.116. The first-order valence-corrected chi connectivity index (χ1v) is 26.3. The van der Waals surface area contributed by atoms with E-state index in [-0.39, 0.29) is 50.5 Å². The van der Waals surface area contributed by atoms with Gasteiger partial charge in [-0.2, -0.15) is 9.97 Å². The molecular formula is C56H63F5N8O4. The van der Waals surface area contributed by atoms with E-state index in [0.29, 0.717) is 130 Å². The van der Waals surface area contributed by atoms with E-state index in [1.807, 2.05) is 11.8 Å². The van der Waals surface area contributed by atoms with Crippen molar-refractivity contribution in [1.29, 1.82) is 0 Å². The second-order valence-corrected chi connectivity index (χ2v) is 22.6. The largest absolute Gasteiger partial charge is 0.508 e. The number of phenols is 1. The summed E-state index contributed by atoms with van der Waals surface area (Å²) in [5.41, 5.74) is -0.230. The van der Waals surface area contributed by atoms with Crippen LogP contribution in [0.5, 0.6) is 11.8 Å². The summed E-state index contributed by atoms with van der Waals surface area (Å²) in [4.78, 5) is 35.5. The molecule has 2 aromatic heterocycles. The van der Waals surface area contributed by atoms with Crippen LogP contribution in [0.1, 0.15) is 94.6 Å². The lowest BCUT2D eigenvalue weighted by atomic mass is 9.55. The van der Waals surface area contributed by atoms with Crippen molar-refractivity contribution in [2.45, 2.75) is 101 Å². The summed E-state index contributed by atoms with van der Waals surface area (Å²) in [6, 6.07) is 8.62. The van der Waals surface area contributed by atoms with Gasteiger partial charge in [0.25, 0.3) is 0 Å². The smallest absolute Gasteiger partial charge is 0.319 e. The van der Waals surface area contributed by atoms with Gasteiger partial charge in [-0.05, 0) is 136 Å². The van der Waals surface area contributed by atoms with Crippen molar-refractivity contribution in [2.24, 2.45) is 10.8 Å². The number of alkyl halides is 1. The molecule has 17 heteroatoms. The van der Waals surface area contributed by atoms with E-state index in [0.717, 1.165) is 64.6 Å². The van der Waals surface area contributed by atoms with E-state index in [1.54, 1.807) is 18.3 Å². The second kappa shape index (κ2) is 18.3. The van der Waals surface area contributed by atoms with Gasteiger partial charge in [-0.1, -0.05) is 19.6 Å². The standard InChI is InChI=1S/C56H63F5N8O4/c1-3-38-42(57)8-6-35-23-37(70)26-40(45(35)38)48-47(60)49-41(27-62-48)50(69-15-4-9-56(32-69)14-22-73-56)65-52(64-49)72-33-54(10-11-54)30-66-16-12-53(13-17-66)28-55(61,29-53)31-67-18-20-68(21-19-67)36-24-43(58)46(44(59)25-36)39-7-5-34(2)63-51(39)71/h6,8,23-27,39,70H,2-5,7,9-22,28-33H2,1H3,(H,63,71)/t39?,56-/m0/s1. The summed E-state index contributed by atoms with van der Waals surface area (Å²) in [6.45, 7) is 13.1. The third-order valence-electron chi connectivity index (χ3n) is 17.5. The maximum absolute atomic E-state index is 17.2. The summed E-state index contributed by atoms with van der Waals surface area (Å²) in [6.07, 6.45) is 10.3. The molecule has 2 aliphatic carbocycles. The molecule has 1 amide bonds. The maximum Gasteiger partial charge on any atom is 0.319 e. The van der Waals surface area contributed by atoms with Crippen LogP contribution in [0.3, 0.4) is 0 Å². The molecule has 12 nitrogen and oxygen atoms in total. The fraction of sp³-hybridized carbons (Fsp3) is 0.536. The lowest BCUT2D eigenvalue weighted by Crippen LogP contribution is -2.60. The van der Waals surface area contributed by atoms with E-state index in [1.165, 1.54) is 24.3 Å². The number of fused-ring (bicyclic) bond motifs is 2. The number of amides is 1. The van der Waals surface area contributed by atoms with Crippen LogP contribution in [0, 0.1) is 34.1 Å². The first kappa shape index (κ1) is 48.3. The highest BCUT2D eigenvalue weighted by Crippen LogP contribution is 2.58. The molecule has 12 rings (SSSR count). The molecule has 73 heavy (non-hydrogen) atoms. The molecule has 0 bridgehead atoms. The Morgan fingerprint density at radius 2 is 1.62 bits per heavy atom. The van der Waals surface area contributed by atoms with E-state index in [9.17, 15) is 9.90 Å². The van der Waals surface area contributed by atoms with Gasteiger partial charge in [0, 0.05) is 92.9 Å². The van der Waals surface area contributed by atoms with E-state index in [4.69, 9.17) is 19.4 Å². The summed E-state index contributed by atoms with van der Waals surface area (Å²) < 4.78 is 92.2. The van der Waals surface area contributed by atoms with Crippen LogP contribution in [0.15, 0.2) is 54.9 Å². The minimum atomic E-state index is -1.27. The number of allylic oxidation sites excluding steroid dienone is 1. The lowest BCUT2D eigenvalue weighted by Gasteiger charge is -2.57. The number of likely N-dealkylation sites (tertiary alicyclic amines) is 1. The SMILES string of the molecule is C=C1CCC(c2c(F)cc(N3CCN(CC4(F)CC5(CCN(CC6(COc7nc(N8CCC[C@]9(CCO9)C8)c8cnc(-c9cc(O)cc%10ccc(F)c(CC)c9%10)c(F)c8n7)CC6)CC5)C4)CC3)cc2F)C(=O)N1.